The number of aliphatic carboxylic acids is 1. The minimum Gasteiger partial charge on any atom is -0.480 e. The van der Waals surface area contributed by atoms with Gasteiger partial charge >= 0.3 is 5.97 Å². The number of pyridine rings is 1. The molecule has 1 amide bonds. The molecule has 1 saturated heterocycles. The fourth-order valence-corrected chi connectivity index (χ4v) is 3.66. The van der Waals surface area contributed by atoms with E-state index in [0.29, 0.717) is 17.5 Å². The number of carboxylic acids is 1. The number of carbonyl (C=O) groups is 2. The van der Waals surface area contributed by atoms with Crippen molar-refractivity contribution in [1.29, 1.82) is 0 Å². The number of likely N-dealkylation sites (tertiary alicyclic amines) is 1. The third-order valence-electron chi connectivity index (χ3n) is 4.35. The molecular formula is C14H15ClN2O3. The van der Waals surface area contributed by atoms with Gasteiger partial charge in [0.15, 0.2) is 0 Å². The molecular weight excluding hydrogens is 280 g/mol. The highest BCUT2D eigenvalue weighted by Crippen LogP contribution is 2.42. The first-order valence-corrected chi connectivity index (χ1v) is 7.11. The van der Waals surface area contributed by atoms with Crippen LogP contribution < -0.4 is 0 Å². The lowest BCUT2D eigenvalue weighted by atomic mass is 9.94. The van der Waals surface area contributed by atoms with Crippen molar-refractivity contribution in [3.63, 3.8) is 0 Å². The zero-order chi connectivity index (χ0) is 14.3. The Morgan fingerprint density at radius 3 is 2.90 bits per heavy atom. The van der Waals surface area contributed by atoms with Crippen LogP contribution in [0.4, 0.5) is 0 Å². The molecule has 106 valence electrons. The van der Waals surface area contributed by atoms with Crippen molar-refractivity contribution >= 4 is 23.5 Å². The number of rotatable bonds is 2. The lowest BCUT2D eigenvalue weighted by molar-refractivity contribution is -0.142. The number of halogens is 1. The molecule has 1 aliphatic heterocycles. The van der Waals surface area contributed by atoms with Gasteiger partial charge in [-0.05, 0) is 36.8 Å². The van der Waals surface area contributed by atoms with Crippen LogP contribution in [-0.4, -0.2) is 39.5 Å². The van der Waals surface area contributed by atoms with E-state index in [9.17, 15) is 14.7 Å². The zero-order valence-electron chi connectivity index (χ0n) is 10.8. The number of fused-ring (bicyclic) bond motifs is 1. The van der Waals surface area contributed by atoms with E-state index in [2.05, 4.69) is 4.98 Å². The van der Waals surface area contributed by atoms with Gasteiger partial charge in [0.25, 0.3) is 5.91 Å². The monoisotopic (exact) mass is 294 g/mol. The quantitative estimate of drug-likeness (QED) is 0.906. The smallest absolute Gasteiger partial charge is 0.326 e. The van der Waals surface area contributed by atoms with Gasteiger partial charge in [0.2, 0.25) is 0 Å². The summed E-state index contributed by atoms with van der Waals surface area (Å²) in [5.74, 6) is -0.876. The second-order valence-electron chi connectivity index (χ2n) is 5.45. The van der Waals surface area contributed by atoms with E-state index >= 15 is 0 Å². The summed E-state index contributed by atoms with van der Waals surface area (Å²) in [7, 11) is 0. The first-order chi connectivity index (χ1) is 9.58. The molecule has 0 radical (unpaired) electrons. The number of hydrogen-bond acceptors (Lipinski definition) is 3. The van der Waals surface area contributed by atoms with Gasteiger partial charge < -0.3 is 10.0 Å². The van der Waals surface area contributed by atoms with Gasteiger partial charge in [-0.1, -0.05) is 18.0 Å². The molecule has 3 atom stereocenters. The molecule has 2 fully saturated rings. The van der Waals surface area contributed by atoms with Gasteiger partial charge in [0.05, 0.1) is 0 Å². The Labute approximate surface area is 121 Å². The molecule has 3 rings (SSSR count). The van der Waals surface area contributed by atoms with Crippen molar-refractivity contribution in [2.75, 3.05) is 6.54 Å². The van der Waals surface area contributed by atoms with Crippen LogP contribution in [0.3, 0.4) is 0 Å². The first-order valence-electron chi connectivity index (χ1n) is 6.73. The van der Waals surface area contributed by atoms with Crippen molar-refractivity contribution in [3.8, 4) is 0 Å². The van der Waals surface area contributed by atoms with Crippen LogP contribution in [0, 0.1) is 11.8 Å². The second-order valence-corrected chi connectivity index (χ2v) is 5.89. The zero-order valence-corrected chi connectivity index (χ0v) is 11.6. The maximum atomic E-state index is 12.5. The molecule has 2 aliphatic rings. The predicted octanol–water partition coefficient (Wildman–Crippen LogP) is 2.06. The van der Waals surface area contributed by atoms with Gasteiger partial charge in [-0.15, -0.1) is 0 Å². The predicted molar refractivity (Wildman–Crippen MR) is 72.5 cm³/mol. The standard InChI is InChI=1S/C14H15ClN2O3/c15-9-4-5-16-11(6-9)13(18)17-7-8-2-1-3-10(8)12(17)14(19)20/h4-6,8,10,12H,1-3,7H2,(H,19,20). The van der Waals surface area contributed by atoms with Crippen LogP contribution in [0.1, 0.15) is 29.8 Å². The average Bonchev–Trinajstić information content (AvgIpc) is 2.96. The summed E-state index contributed by atoms with van der Waals surface area (Å²) in [6.07, 6.45) is 4.40. The largest absolute Gasteiger partial charge is 0.480 e. The van der Waals surface area contributed by atoms with Crippen molar-refractivity contribution in [3.05, 3.63) is 29.0 Å². The Morgan fingerprint density at radius 1 is 1.40 bits per heavy atom. The van der Waals surface area contributed by atoms with E-state index in [0.717, 1.165) is 19.3 Å². The van der Waals surface area contributed by atoms with E-state index in [-0.39, 0.29) is 17.5 Å². The Morgan fingerprint density at radius 2 is 2.20 bits per heavy atom. The highest BCUT2D eigenvalue weighted by molar-refractivity contribution is 6.30. The van der Waals surface area contributed by atoms with Gasteiger partial charge in [-0.3, -0.25) is 9.78 Å². The summed E-state index contributed by atoms with van der Waals surface area (Å²) in [5.41, 5.74) is 0.212. The fourth-order valence-electron chi connectivity index (χ4n) is 3.50. The molecule has 3 unspecified atom stereocenters. The SMILES string of the molecule is O=C(O)C1C2CCCC2CN1C(=O)c1cc(Cl)ccn1. The third kappa shape index (κ3) is 2.16. The Hall–Kier alpha value is -1.62. The molecule has 1 N–H and O–H groups in total. The summed E-state index contributed by atoms with van der Waals surface area (Å²) in [6, 6.07) is 2.35. The van der Waals surface area contributed by atoms with E-state index in [1.807, 2.05) is 0 Å². The van der Waals surface area contributed by atoms with Gasteiger partial charge in [-0.25, -0.2) is 4.79 Å². The van der Waals surface area contributed by atoms with Crippen molar-refractivity contribution in [2.24, 2.45) is 11.8 Å². The summed E-state index contributed by atoms with van der Waals surface area (Å²) in [4.78, 5) is 29.5. The lowest BCUT2D eigenvalue weighted by Crippen LogP contribution is -2.43. The summed E-state index contributed by atoms with van der Waals surface area (Å²) >= 11 is 5.86. The summed E-state index contributed by atoms with van der Waals surface area (Å²) in [5, 5.41) is 9.87. The van der Waals surface area contributed by atoms with Crippen LogP contribution in [0.15, 0.2) is 18.3 Å². The number of carboxylic acid groups (broad SMARTS) is 1. The maximum Gasteiger partial charge on any atom is 0.326 e. The minimum atomic E-state index is -0.922. The van der Waals surface area contributed by atoms with Gasteiger partial charge in [0, 0.05) is 17.8 Å². The number of carbonyl (C=O) groups excluding carboxylic acids is 1. The van der Waals surface area contributed by atoms with Crippen molar-refractivity contribution in [1.82, 2.24) is 9.88 Å². The number of amides is 1. The van der Waals surface area contributed by atoms with Gasteiger partial charge in [0.1, 0.15) is 11.7 Å². The molecule has 1 aromatic heterocycles. The molecule has 2 heterocycles. The van der Waals surface area contributed by atoms with E-state index in [1.54, 1.807) is 6.07 Å². The molecule has 1 saturated carbocycles. The second kappa shape index (κ2) is 5.05. The molecule has 0 aromatic carbocycles. The molecule has 1 aliphatic carbocycles. The normalized spacial score (nSPS) is 28.4. The first kappa shape index (κ1) is 13.4. The third-order valence-corrected chi connectivity index (χ3v) is 4.58. The Bertz CT molecular complexity index is 563. The molecule has 6 heteroatoms. The summed E-state index contributed by atoms with van der Waals surface area (Å²) in [6.45, 7) is 0.509. The number of nitrogens with zero attached hydrogens (tertiary/aromatic N) is 2. The highest BCUT2D eigenvalue weighted by atomic mass is 35.5. The van der Waals surface area contributed by atoms with Crippen LogP contribution >= 0.6 is 11.6 Å². The molecule has 0 spiro atoms. The van der Waals surface area contributed by atoms with E-state index < -0.39 is 12.0 Å². The minimum absolute atomic E-state index is 0.0793. The number of hydrogen-bond donors (Lipinski definition) is 1. The van der Waals surface area contributed by atoms with Crippen LogP contribution in [0.5, 0.6) is 0 Å². The Balaban J connectivity index is 1.89. The highest BCUT2D eigenvalue weighted by Gasteiger charge is 2.49. The topological polar surface area (TPSA) is 70.5 Å². The molecule has 20 heavy (non-hydrogen) atoms. The van der Waals surface area contributed by atoms with Crippen molar-refractivity contribution in [2.45, 2.75) is 25.3 Å². The fraction of sp³-hybridized carbons (Fsp3) is 0.500. The van der Waals surface area contributed by atoms with Crippen LogP contribution in [0.25, 0.3) is 0 Å². The van der Waals surface area contributed by atoms with E-state index in [4.69, 9.17) is 11.6 Å². The number of aromatic nitrogens is 1. The Kier molecular flexibility index (Phi) is 3.38. The lowest BCUT2D eigenvalue weighted by Gasteiger charge is -2.24. The maximum absolute atomic E-state index is 12.5. The molecule has 1 aromatic rings. The van der Waals surface area contributed by atoms with Crippen LogP contribution in [0.2, 0.25) is 5.02 Å². The molecule has 0 bridgehead atoms. The van der Waals surface area contributed by atoms with Crippen LogP contribution in [-0.2, 0) is 4.79 Å². The van der Waals surface area contributed by atoms with E-state index in [1.165, 1.54) is 17.2 Å². The molecule has 5 nitrogen and oxygen atoms in total. The summed E-state index contributed by atoms with van der Waals surface area (Å²) < 4.78 is 0. The van der Waals surface area contributed by atoms with Gasteiger partial charge in [-0.2, -0.15) is 0 Å². The van der Waals surface area contributed by atoms with Crippen molar-refractivity contribution < 1.29 is 14.7 Å². The average molecular weight is 295 g/mol.